The van der Waals surface area contributed by atoms with Crippen LogP contribution < -0.4 is 15.8 Å². The summed E-state index contributed by atoms with van der Waals surface area (Å²) in [4.78, 5) is 16.5. The van der Waals surface area contributed by atoms with Crippen molar-refractivity contribution in [1.29, 1.82) is 0 Å². The molecule has 0 aliphatic heterocycles. The molecule has 1 aliphatic carbocycles. The van der Waals surface area contributed by atoms with Gasteiger partial charge in [0.05, 0.1) is 5.92 Å². The third-order valence-corrected chi connectivity index (χ3v) is 4.85. The first-order valence-corrected chi connectivity index (χ1v) is 8.76. The van der Waals surface area contributed by atoms with Gasteiger partial charge in [0.2, 0.25) is 5.91 Å². The first-order chi connectivity index (χ1) is 12.0. The monoisotopic (exact) mass is 411 g/mol. The van der Waals surface area contributed by atoms with Crippen LogP contribution in [0, 0.1) is 5.92 Å². The lowest BCUT2D eigenvalue weighted by molar-refractivity contribution is -0.122. The van der Waals surface area contributed by atoms with Crippen LogP contribution in [0.15, 0.2) is 48.8 Å². The van der Waals surface area contributed by atoms with Gasteiger partial charge in [0, 0.05) is 23.6 Å². The second-order valence-corrected chi connectivity index (χ2v) is 6.96. The predicted molar refractivity (Wildman–Crippen MR) is 113 cm³/mol. The Hall–Kier alpha value is -1.82. The van der Waals surface area contributed by atoms with E-state index in [1.54, 1.807) is 12.4 Å². The highest BCUT2D eigenvalue weighted by atomic mass is 35.5. The minimum atomic E-state index is -0.421. The molecule has 3 rings (SSSR count). The van der Waals surface area contributed by atoms with E-state index in [9.17, 15) is 4.79 Å². The fourth-order valence-electron chi connectivity index (χ4n) is 3.30. The van der Waals surface area contributed by atoms with Crippen molar-refractivity contribution < 1.29 is 9.53 Å². The van der Waals surface area contributed by atoms with Crippen molar-refractivity contribution in [2.45, 2.75) is 44.8 Å². The maximum Gasteiger partial charge on any atom is 0.229 e. The Kier molecular flexibility index (Phi) is 9.03. The molecule has 2 atom stereocenters. The average molecular weight is 412 g/mol. The molecule has 1 aromatic carbocycles. The smallest absolute Gasteiger partial charge is 0.229 e. The van der Waals surface area contributed by atoms with Crippen LogP contribution in [-0.4, -0.2) is 16.4 Å². The molecule has 0 bridgehead atoms. The molecular weight excluding hydrogens is 385 g/mol. The lowest BCUT2D eigenvalue weighted by Gasteiger charge is -2.37. The number of carbonyl (C=O) groups is 1. The quantitative estimate of drug-likeness (QED) is 0.766. The van der Waals surface area contributed by atoms with E-state index in [4.69, 9.17) is 10.5 Å². The molecule has 148 valence electrons. The van der Waals surface area contributed by atoms with Gasteiger partial charge in [-0.05, 0) is 61.7 Å². The van der Waals surface area contributed by atoms with Crippen molar-refractivity contribution in [1.82, 2.24) is 4.98 Å². The summed E-state index contributed by atoms with van der Waals surface area (Å²) in [5.41, 5.74) is 7.72. The molecule has 1 fully saturated rings. The molecule has 1 amide bonds. The zero-order chi connectivity index (χ0) is 17.7. The summed E-state index contributed by atoms with van der Waals surface area (Å²) in [6.45, 7) is 2.47. The van der Waals surface area contributed by atoms with Crippen molar-refractivity contribution in [2.24, 2.45) is 11.7 Å². The minimum absolute atomic E-state index is 0. The number of pyridine rings is 1. The molecule has 2 unspecified atom stereocenters. The molecule has 0 radical (unpaired) electrons. The van der Waals surface area contributed by atoms with Gasteiger partial charge in [-0.15, -0.1) is 24.8 Å². The Bertz CT molecular complexity index is 709. The maximum atomic E-state index is 12.6. The van der Waals surface area contributed by atoms with E-state index in [0.29, 0.717) is 6.61 Å². The molecule has 1 aromatic heterocycles. The van der Waals surface area contributed by atoms with Crippen molar-refractivity contribution in [3.63, 3.8) is 0 Å². The Morgan fingerprint density at radius 2 is 1.85 bits per heavy atom. The van der Waals surface area contributed by atoms with Crippen LogP contribution in [0.3, 0.4) is 0 Å². The molecule has 1 aliphatic rings. The number of hydrogen-bond donors (Lipinski definition) is 2. The summed E-state index contributed by atoms with van der Waals surface area (Å²) >= 11 is 0. The average Bonchev–Trinajstić information content (AvgIpc) is 2.61. The van der Waals surface area contributed by atoms with Gasteiger partial charge in [-0.1, -0.05) is 12.8 Å². The fourth-order valence-corrected chi connectivity index (χ4v) is 3.30. The highest BCUT2D eigenvalue weighted by Crippen LogP contribution is 2.32. The first-order valence-electron chi connectivity index (χ1n) is 8.76. The first kappa shape index (κ1) is 23.2. The lowest BCUT2D eigenvalue weighted by Crippen LogP contribution is -2.51. The molecule has 2 aromatic rings. The minimum Gasteiger partial charge on any atom is -0.489 e. The largest absolute Gasteiger partial charge is 0.489 e. The fraction of sp³-hybridized carbons (Fsp3) is 0.400. The van der Waals surface area contributed by atoms with Crippen LogP contribution in [0.5, 0.6) is 5.75 Å². The normalized spacial score (nSPS) is 21.3. The number of anilines is 1. The summed E-state index contributed by atoms with van der Waals surface area (Å²) in [5, 5.41) is 2.99. The Morgan fingerprint density at radius 3 is 2.48 bits per heavy atom. The summed E-state index contributed by atoms with van der Waals surface area (Å²) in [5.74, 6) is 0.634. The number of nitrogens with two attached hydrogens (primary N) is 1. The molecule has 0 saturated heterocycles. The number of amides is 1. The number of nitrogens with zero attached hydrogens (tertiary/aromatic N) is 1. The van der Waals surface area contributed by atoms with E-state index in [2.05, 4.69) is 10.3 Å². The van der Waals surface area contributed by atoms with Crippen LogP contribution in [0.4, 0.5) is 5.69 Å². The van der Waals surface area contributed by atoms with Gasteiger partial charge in [0.25, 0.3) is 0 Å². The van der Waals surface area contributed by atoms with Crippen LogP contribution in [-0.2, 0) is 11.4 Å². The molecular formula is C20H27Cl2N3O2. The summed E-state index contributed by atoms with van der Waals surface area (Å²) in [6, 6.07) is 11.3. The van der Waals surface area contributed by atoms with Crippen molar-refractivity contribution in [2.75, 3.05) is 5.32 Å². The highest BCUT2D eigenvalue weighted by Gasteiger charge is 2.37. The van der Waals surface area contributed by atoms with Gasteiger partial charge in [0.1, 0.15) is 12.4 Å². The number of nitrogens with one attached hydrogen (secondary N) is 1. The third kappa shape index (κ3) is 6.38. The number of rotatable bonds is 5. The van der Waals surface area contributed by atoms with Crippen molar-refractivity contribution >= 4 is 36.4 Å². The molecule has 1 heterocycles. The van der Waals surface area contributed by atoms with Crippen LogP contribution in [0.1, 0.15) is 38.2 Å². The highest BCUT2D eigenvalue weighted by molar-refractivity contribution is 5.93. The van der Waals surface area contributed by atoms with Crippen molar-refractivity contribution in [3.05, 3.63) is 54.4 Å². The van der Waals surface area contributed by atoms with Crippen LogP contribution >= 0.6 is 24.8 Å². The maximum absolute atomic E-state index is 12.6. The van der Waals surface area contributed by atoms with E-state index in [-0.39, 0.29) is 36.6 Å². The number of aromatic nitrogens is 1. The topological polar surface area (TPSA) is 77.2 Å². The van der Waals surface area contributed by atoms with Gasteiger partial charge in [-0.3, -0.25) is 9.78 Å². The Balaban J connectivity index is 0.00000182. The zero-order valence-corrected chi connectivity index (χ0v) is 17.0. The van der Waals surface area contributed by atoms with Crippen LogP contribution in [0.2, 0.25) is 0 Å². The third-order valence-electron chi connectivity index (χ3n) is 4.85. The number of hydrogen-bond acceptors (Lipinski definition) is 4. The van der Waals surface area contributed by atoms with E-state index < -0.39 is 5.54 Å². The summed E-state index contributed by atoms with van der Waals surface area (Å²) in [6.07, 6.45) is 7.40. The number of halogens is 2. The Labute approximate surface area is 172 Å². The molecule has 1 saturated carbocycles. The van der Waals surface area contributed by atoms with Crippen LogP contribution in [0.25, 0.3) is 0 Å². The SMILES string of the molecule is CC1(N)CCCCC1C(=O)Nc1ccc(OCc2ccncc2)cc1.Cl.Cl. The number of carbonyl (C=O) groups excluding carboxylic acids is 1. The lowest BCUT2D eigenvalue weighted by atomic mass is 9.74. The van der Waals surface area contributed by atoms with E-state index in [1.165, 1.54) is 0 Å². The van der Waals surface area contributed by atoms with E-state index in [1.807, 2.05) is 43.3 Å². The molecule has 3 N–H and O–H groups in total. The standard InChI is InChI=1S/C20H25N3O2.2ClH/c1-20(21)11-3-2-4-18(20)19(24)23-16-5-7-17(8-6-16)25-14-15-9-12-22-13-10-15;;/h5-10,12-13,18H,2-4,11,14,21H2,1H3,(H,23,24);2*1H. The number of ether oxygens (including phenoxy) is 1. The molecule has 0 spiro atoms. The molecule has 5 nitrogen and oxygen atoms in total. The van der Waals surface area contributed by atoms with Gasteiger partial charge in [-0.2, -0.15) is 0 Å². The second kappa shape index (κ2) is 10.5. The van der Waals surface area contributed by atoms with Crippen molar-refractivity contribution in [3.8, 4) is 5.75 Å². The second-order valence-electron chi connectivity index (χ2n) is 6.96. The van der Waals surface area contributed by atoms with Gasteiger partial charge in [-0.25, -0.2) is 0 Å². The van der Waals surface area contributed by atoms with Gasteiger partial charge in [0.15, 0.2) is 0 Å². The Morgan fingerprint density at radius 1 is 1.19 bits per heavy atom. The summed E-state index contributed by atoms with van der Waals surface area (Å²) < 4.78 is 5.74. The number of benzene rings is 1. The van der Waals surface area contributed by atoms with Gasteiger partial charge < -0.3 is 15.8 Å². The van der Waals surface area contributed by atoms with Gasteiger partial charge >= 0.3 is 0 Å². The van der Waals surface area contributed by atoms with E-state index in [0.717, 1.165) is 42.7 Å². The summed E-state index contributed by atoms with van der Waals surface area (Å²) in [7, 11) is 0. The van der Waals surface area contributed by atoms with E-state index >= 15 is 0 Å². The predicted octanol–water partition coefficient (Wildman–Crippen LogP) is 4.35. The molecule has 7 heteroatoms. The molecule has 27 heavy (non-hydrogen) atoms. The zero-order valence-electron chi connectivity index (χ0n) is 15.4.